The van der Waals surface area contributed by atoms with E-state index in [1.165, 1.54) is 18.4 Å². The van der Waals surface area contributed by atoms with E-state index in [2.05, 4.69) is 42.6 Å². The van der Waals surface area contributed by atoms with Gasteiger partial charge in [-0.25, -0.2) is 0 Å². The molecule has 3 N–H and O–H groups in total. The molecule has 0 saturated heterocycles. The van der Waals surface area contributed by atoms with Crippen LogP contribution in [0.5, 0.6) is 0 Å². The molecule has 2 nitrogen and oxygen atoms in total. The minimum Gasteiger partial charge on any atom is -0.330 e. The smallest absolute Gasteiger partial charge is 0.00992 e. The monoisotopic (exact) mass is 218 g/mol. The molecule has 0 aromatic heterocycles. The zero-order valence-corrected chi connectivity index (χ0v) is 10.0. The lowest BCUT2D eigenvalue weighted by molar-refractivity contribution is 0.560. The van der Waals surface area contributed by atoms with Crippen LogP contribution in [0.3, 0.4) is 0 Å². The Morgan fingerprint density at radius 1 is 1.38 bits per heavy atom. The molecular weight excluding hydrogens is 196 g/mol. The molecule has 1 aliphatic carbocycles. The molecule has 0 bridgehead atoms. The molecular formula is C14H22N2. The second-order valence-electron chi connectivity index (χ2n) is 4.76. The Labute approximate surface area is 98.2 Å². The summed E-state index contributed by atoms with van der Waals surface area (Å²) in [7, 11) is 0. The molecule has 1 aromatic rings. The molecule has 3 atom stereocenters. The van der Waals surface area contributed by atoms with Crippen molar-refractivity contribution in [3.05, 3.63) is 35.9 Å². The highest BCUT2D eigenvalue weighted by atomic mass is 15.0. The van der Waals surface area contributed by atoms with Crippen molar-refractivity contribution in [1.82, 2.24) is 5.32 Å². The Balaban J connectivity index is 1.82. The molecule has 0 heterocycles. The van der Waals surface area contributed by atoms with E-state index in [1.807, 2.05) is 0 Å². The van der Waals surface area contributed by atoms with Gasteiger partial charge in [-0.15, -0.1) is 0 Å². The Bertz CT molecular complexity index is 310. The van der Waals surface area contributed by atoms with Crippen molar-refractivity contribution >= 4 is 0 Å². The second kappa shape index (κ2) is 5.46. The van der Waals surface area contributed by atoms with E-state index in [0.717, 1.165) is 25.0 Å². The van der Waals surface area contributed by atoms with E-state index < -0.39 is 0 Å². The third kappa shape index (κ3) is 2.83. The second-order valence-corrected chi connectivity index (χ2v) is 4.76. The molecule has 0 aliphatic heterocycles. The van der Waals surface area contributed by atoms with Gasteiger partial charge in [-0.1, -0.05) is 43.7 Å². The molecule has 16 heavy (non-hydrogen) atoms. The van der Waals surface area contributed by atoms with E-state index in [4.69, 9.17) is 5.73 Å². The van der Waals surface area contributed by atoms with Gasteiger partial charge in [0.25, 0.3) is 0 Å². The molecule has 88 valence electrons. The van der Waals surface area contributed by atoms with Crippen molar-refractivity contribution in [2.45, 2.75) is 31.7 Å². The Morgan fingerprint density at radius 2 is 2.12 bits per heavy atom. The minimum absolute atomic E-state index is 0.458. The molecule has 1 aromatic carbocycles. The average molecular weight is 218 g/mol. The van der Waals surface area contributed by atoms with Crippen LogP contribution in [0.1, 0.15) is 31.2 Å². The lowest BCUT2D eigenvalue weighted by atomic mass is 9.99. The molecule has 0 radical (unpaired) electrons. The summed E-state index contributed by atoms with van der Waals surface area (Å²) in [4.78, 5) is 0. The van der Waals surface area contributed by atoms with E-state index in [9.17, 15) is 0 Å². The van der Waals surface area contributed by atoms with Gasteiger partial charge in [-0.3, -0.25) is 0 Å². The third-order valence-electron chi connectivity index (χ3n) is 3.63. The van der Waals surface area contributed by atoms with Crippen molar-refractivity contribution in [3.63, 3.8) is 0 Å². The van der Waals surface area contributed by atoms with Crippen LogP contribution in [-0.2, 0) is 0 Å². The zero-order valence-electron chi connectivity index (χ0n) is 10.0. The summed E-state index contributed by atoms with van der Waals surface area (Å²) < 4.78 is 0. The summed E-state index contributed by atoms with van der Waals surface area (Å²) in [6.07, 6.45) is 2.65. The van der Waals surface area contributed by atoms with Crippen LogP contribution in [0.2, 0.25) is 0 Å². The molecule has 1 fully saturated rings. The molecule has 0 amide bonds. The topological polar surface area (TPSA) is 38.0 Å². The van der Waals surface area contributed by atoms with Crippen LogP contribution >= 0.6 is 0 Å². The lowest BCUT2D eigenvalue weighted by Crippen LogP contribution is -2.28. The van der Waals surface area contributed by atoms with Crippen molar-refractivity contribution in [3.8, 4) is 0 Å². The van der Waals surface area contributed by atoms with Gasteiger partial charge in [-0.2, -0.15) is 0 Å². The van der Waals surface area contributed by atoms with Crippen molar-refractivity contribution in [1.29, 1.82) is 0 Å². The first-order valence-electron chi connectivity index (χ1n) is 6.33. The fraction of sp³-hybridized carbons (Fsp3) is 0.571. The summed E-state index contributed by atoms with van der Waals surface area (Å²) in [5.74, 6) is 1.37. The van der Waals surface area contributed by atoms with Crippen LogP contribution in [0.15, 0.2) is 30.3 Å². The first-order chi connectivity index (χ1) is 7.85. The fourth-order valence-corrected chi connectivity index (χ4v) is 2.30. The van der Waals surface area contributed by atoms with E-state index in [1.54, 1.807) is 0 Å². The predicted octanol–water partition coefficient (Wildman–Crippen LogP) is 2.12. The standard InChI is InChI=1S/C14H22N2/c1-2-11-8-14(11)16-10-13(9-15)12-6-4-3-5-7-12/h3-7,11,13-14,16H,2,8-10,15H2,1H3. The van der Waals surface area contributed by atoms with Gasteiger partial charge in [-0.05, 0) is 17.9 Å². The maximum atomic E-state index is 5.84. The first kappa shape index (κ1) is 11.6. The molecule has 1 aliphatic rings. The summed E-state index contributed by atoms with van der Waals surface area (Å²) in [5.41, 5.74) is 7.19. The largest absolute Gasteiger partial charge is 0.330 e. The number of nitrogens with two attached hydrogens (primary N) is 1. The van der Waals surface area contributed by atoms with Gasteiger partial charge in [0.2, 0.25) is 0 Å². The SMILES string of the molecule is CCC1CC1NCC(CN)c1ccccc1. The molecule has 3 unspecified atom stereocenters. The van der Waals surface area contributed by atoms with Gasteiger partial charge < -0.3 is 11.1 Å². The van der Waals surface area contributed by atoms with Gasteiger partial charge in [0.05, 0.1) is 0 Å². The van der Waals surface area contributed by atoms with E-state index in [0.29, 0.717) is 5.92 Å². The maximum Gasteiger partial charge on any atom is 0.00992 e. The van der Waals surface area contributed by atoms with E-state index >= 15 is 0 Å². The molecule has 2 heteroatoms. The fourth-order valence-electron chi connectivity index (χ4n) is 2.30. The van der Waals surface area contributed by atoms with Crippen molar-refractivity contribution < 1.29 is 0 Å². The normalized spacial score (nSPS) is 25.4. The highest BCUT2D eigenvalue weighted by Crippen LogP contribution is 2.33. The number of hydrogen-bond donors (Lipinski definition) is 2. The minimum atomic E-state index is 0.458. The third-order valence-corrected chi connectivity index (χ3v) is 3.63. The number of hydrogen-bond acceptors (Lipinski definition) is 2. The summed E-state index contributed by atoms with van der Waals surface area (Å²) in [6, 6.07) is 11.3. The van der Waals surface area contributed by atoms with Gasteiger partial charge >= 0.3 is 0 Å². The summed E-state index contributed by atoms with van der Waals surface area (Å²) in [6.45, 7) is 4.01. The predicted molar refractivity (Wildman–Crippen MR) is 68.4 cm³/mol. The molecule has 2 rings (SSSR count). The number of nitrogens with one attached hydrogen (secondary N) is 1. The van der Waals surface area contributed by atoms with Crippen LogP contribution in [0.4, 0.5) is 0 Å². The van der Waals surface area contributed by atoms with Crippen LogP contribution in [0, 0.1) is 5.92 Å². The van der Waals surface area contributed by atoms with Gasteiger partial charge in [0.1, 0.15) is 0 Å². The Hall–Kier alpha value is -0.860. The maximum absolute atomic E-state index is 5.84. The molecule has 1 saturated carbocycles. The lowest BCUT2D eigenvalue weighted by Gasteiger charge is -2.16. The number of rotatable bonds is 6. The van der Waals surface area contributed by atoms with Crippen LogP contribution in [-0.4, -0.2) is 19.1 Å². The zero-order chi connectivity index (χ0) is 11.4. The van der Waals surface area contributed by atoms with Gasteiger partial charge in [0, 0.05) is 25.0 Å². The van der Waals surface area contributed by atoms with Crippen molar-refractivity contribution in [2.75, 3.05) is 13.1 Å². The quantitative estimate of drug-likeness (QED) is 0.767. The summed E-state index contributed by atoms with van der Waals surface area (Å²) in [5, 5.41) is 3.63. The number of benzene rings is 1. The van der Waals surface area contributed by atoms with Crippen molar-refractivity contribution in [2.24, 2.45) is 11.7 Å². The highest BCUT2D eigenvalue weighted by molar-refractivity contribution is 5.20. The first-order valence-corrected chi connectivity index (χ1v) is 6.33. The summed E-state index contributed by atoms with van der Waals surface area (Å²) >= 11 is 0. The molecule has 0 spiro atoms. The Morgan fingerprint density at radius 3 is 2.69 bits per heavy atom. The van der Waals surface area contributed by atoms with Gasteiger partial charge in [0.15, 0.2) is 0 Å². The van der Waals surface area contributed by atoms with E-state index in [-0.39, 0.29) is 0 Å². The Kier molecular flexibility index (Phi) is 3.97. The van der Waals surface area contributed by atoms with Crippen LogP contribution < -0.4 is 11.1 Å². The van der Waals surface area contributed by atoms with Crippen LogP contribution in [0.25, 0.3) is 0 Å². The highest BCUT2D eigenvalue weighted by Gasteiger charge is 2.34. The average Bonchev–Trinajstić information content (AvgIpc) is 3.10.